The summed E-state index contributed by atoms with van der Waals surface area (Å²) in [7, 11) is 0. The number of pyridine rings is 1. The molecular weight excluding hydrogens is 255 g/mol. The molecule has 4 heteroatoms. The van der Waals surface area contributed by atoms with E-state index in [-0.39, 0.29) is 0 Å². The van der Waals surface area contributed by atoms with Gasteiger partial charge >= 0.3 is 0 Å². The van der Waals surface area contributed by atoms with E-state index in [1.807, 2.05) is 0 Å². The molecule has 0 aromatic carbocycles. The van der Waals surface area contributed by atoms with Crippen LogP contribution in [0, 0.1) is 0 Å². The van der Waals surface area contributed by atoms with Crippen LogP contribution in [0.1, 0.15) is 15.9 Å². The number of hydrogen-bond donors (Lipinski definition) is 1. The van der Waals surface area contributed by atoms with Crippen molar-refractivity contribution < 1.29 is 4.79 Å². The Morgan fingerprint density at radius 3 is 2.91 bits per heavy atom. The van der Waals surface area contributed by atoms with Crippen LogP contribution in [-0.4, -0.2) is 10.9 Å². The Kier molecular flexibility index (Phi) is 2.81. The number of alkyl halides is 1. The van der Waals surface area contributed by atoms with Crippen LogP contribution in [0.4, 0.5) is 0 Å². The van der Waals surface area contributed by atoms with Gasteiger partial charge in [0.1, 0.15) is 0 Å². The van der Waals surface area contributed by atoms with Crippen LogP contribution in [-0.2, 0) is 4.43 Å². The van der Waals surface area contributed by atoms with E-state index in [1.165, 1.54) is 6.20 Å². The highest BCUT2D eigenvalue weighted by atomic mass is 127. The number of carbonyl (C=O) groups excluding carboxylic acids is 1. The number of amides is 1. The standard InChI is InChI=1S/C7H7IN2O/c8-3-5-1-2-10-4-6(5)7(9)11/h1-2,4H,3H2,(H2,9,11). The van der Waals surface area contributed by atoms with Crippen LogP contribution in [0.5, 0.6) is 0 Å². The Balaban J connectivity index is 3.12. The van der Waals surface area contributed by atoms with E-state index in [1.54, 1.807) is 12.3 Å². The molecule has 1 heterocycles. The summed E-state index contributed by atoms with van der Waals surface area (Å²) in [5, 5.41) is 0. The second kappa shape index (κ2) is 3.66. The van der Waals surface area contributed by atoms with E-state index >= 15 is 0 Å². The van der Waals surface area contributed by atoms with Crippen molar-refractivity contribution in [1.29, 1.82) is 0 Å². The number of hydrogen-bond acceptors (Lipinski definition) is 2. The molecule has 3 nitrogen and oxygen atoms in total. The molecular formula is C7H7IN2O. The monoisotopic (exact) mass is 262 g/mol. The van der Waals surface area contributed by atoms with E-state index < -0.39 is 5.91 Å². The predicted octanol–water partition coefficient (Wildman–Crippen LogP) is 1.12. The maximum atomic E-state index is 10.8. The topological polar surface area (TPSA) is 56.0 Å². The molecule has 0 radical (unpaired) electrons. The Hall–Kier alpha value is -0.650. The Labute approximate surface area is 78.1 Å². The first-order valence-electron chi connectivity index (χ1n) is 3.04. The van der Waals surface area contributed by atoms with E-state index in [4.69, 9.17) is 5.73 Å². The van der Waals surface area contributed by atoms with Crippen molar-refractivity contribution in [1.82, 2.24) is 4.98 Å². The highest BCUT2D eigenvalue weighted by molar-refractivity contribution is 14.1. The molecule has 1 aromatic rings. The maximum Gasteiger partial charge on any atom is 0.250 e. The summed E-state index contributed by atoms with van der Waals surface area (Å²) >= 11 is 2.18. The molecule has 0 aliphatic rings. The average molecular weight is 262 g/mol. The summed E-state index contributed by atoms with van der Waals surface area (Å²) in [5.74, 6) is -0.412. The van der Waals surface area contributed by atoms with Crippen molar-refractivity contribution in [2.45, 2.75) is 4.43 Å². The van der Waals surface area contributed by atoms with Gasteiger partial charge in [-0.15, -0.1) is 0 Å². The minimum Gasteiger partial charge on any atom is -0.366 e. The lowest BCUT2D eigenvalue weighted by Gasteiger charge is -1.99. The third kappa shape index (κ3) is 1.89. The first-order valence-corrected chi connectivity index (χ1v) is 4.57. The fourth-order valence-corrected chi connectivity index (χ4v) is 1.43. The van der Waals surface area contributed by atoms with E-state index in [2.05, 4.69) is 27.6 Å². The Morgan fingerprint density at radius 1 is 1.73 bits per heavy atom. The quantitative estimate of drug-likeness (QED) is 0.641. The molecule has 2 N–H and O–H groups in total. The lowest BCUT2D eigenvalue weighted by Crippen LogP contribution is -2.13. The molecule has 0 atom stereocenters. The van der Waals surface area contributed by atoms with Crippen molar-refractivity contribution in [3.8, 4) is 0 Å². The van der Waals surface area contributed by atoms with Crippen molar-refractivity contribution in [3.05, 3.63) is 29.6 Å². The highest BCUT2D eigenvalue weighted by Crippen LogP contribution is 2.09. The zero-order valence-electron chi connectivity index (χ0n) is 5.75. The highest BCUT2D eigenvalue weighted by Gasteiger charge is 2.04. The van der Waals surface area contributed by atoms with Gasteiger partial charge in [0.05, 0.1) is 5.56 Å². The largest absolute Gasteiger partial charge is 0.366 e. The van der Waals surface area contributed by atoms with Gasteiger partial charge in [0.2, 0.25) is 0 Å². The molecule has 58 valence electrons. The molecule has 11 heavy (non-hydrogen) atoms. The normalized spacial score (nSPS) is 9.55. The van der Waals surface area contributed by atoms with Crippen molar-refractivity contribution in [2.24, 2.45) is 5.73 Å². The number of nitrogens with zero attached hydrogens (tertiary/aromatic N) is 1. The smallest absolute Gasteiger partial charge is 0.250 e. The van der Waals surface area contributed by atoms with Gasteiger partial charge in [-0.3, -0.25) is 9.78 Å². The fraction of sp³-hybridized carbons (Fsp3) is 0.143. The zero-order valence-corrected chi connectivity index (χ0v) is 7.91. The lowest BCUT2D eigenvalue weighted by molar-refractivity contribution is 0.0999. The second-order valence-corrected chi connectivity index (χ2v) is 2.79. The molecule has 0 saturated heterocycles. The Morgan fingerprint density at radius 2 is 2.45 bits per heavy atom. The molecule has 0 aliphatic heterocycles. The molecule has 0 unspecified atom stereocenters. The van der Waals surface area contributed by atoms with Crippen LogP contribution in [0.2, 0.25) is 0 Å². The number of halogens is 1. The van der Waals surface area contributed by atoms with Crippen molar-refractivity contribution in [3.63, 3.8) is 0 Å². The van der Waals surface area contributed by atoms with E-state index in [0.29, 0.717) is 5.56 Å². The van der Waals surface area contributed by atoms with Crippen LogP contribution < -0.4 is 5.73 Å². The number of aromatic nitrogens is 1. The third-order valence-corrected chi connectivity index (χ3v) is 2.14. The number of rotatable bonds is 2. The zero-order chi connectivity index (χ0) is 8.27. The number of carbonyl (C=O) groups is 1. The first-order chi connectivity index (χ1) is 5.25. The van der Waals surface area contributed by atoms with Gasteiger partial charge in [-0.2, -0.15) is 0 Å². The fourth-order valence-electron chi connectivity index (χ4n) is 0.762. The summed E-state index contributed by atoms with van der Waals surface area (Å²) in [4.78, 5) is 14.6. The van der Waals surface area contributed by atoms with Crippen LogP contribution in [0.3, 0.4) is 0 Å². The summed E-state index contributed by atoms with van der Waals surface area (Å²) in [6.07, 6.45) is 3.15. The maximum absolute atomic E-state index is 10.8. The van der Waals surface area contributed by atoms with E-state index in [9.17, 15) is 4.79 Å². The van der Waals surface area contributed by atoms with Crippen LogP contribution in [0.15, 0.2) is 18.5 Å². The molecule has 0 fully saturated rings. The summed E-state index contributed by atoms with van der Waals surface area (Å²) in [5.41, 5.74) is 6.56. The van der Waals surface area contributed by atoms with Gasteiger partial charge < -0.3 is 5.73 Å². The molecule has 0 saturated carbocycles. The Bertz CT molecular complexity index is 275. The van der Waals surface area contributed by atoms with Gasteiger partial charge in [-0.25, -0.2) is 0 Å². The van der Waals surface area contributed by atoms with Crippen LogP contribution in [0.25, 0.3) is 0 Å². The van der Waals surface area contributed by atoms with Gasteiger partial charge in [0.25, 0.3) is 5.91 Å². The molecule has 0 spiro atoms. The average Bonchev–Trinajstić information content (AvgIpc) is 2.04. The second-order valence-electron chi connectivity index (χ2n) is 2.03. The third-order valence-electron chi connectivity index (χ3n) is 1.32. The first kappa shape index (κ1) is 8.45. The lowest BCUT2D eigenvalue weighted by atomic mass is 10.1. The van der Waals surface area contributed by atoms with Crippen molar-refractivity contribution in [2.75, 3.05) is 0 Å². The van der Waals surface area contributed by atoms with Crippen LogP contribution >= 0.6 is 22.6 Å². The minimum absolute atomic E-state index is 0.412. The summed E-state index contributed by atoms with van der Waals surface area (Å²) < 4.78 is 0.776. The van der Waals surface area contributed by atoms with Gasteiger partial charge in [0, 0.05) is 16.8 Å². The summed E-state index contributed by atoms with van der Waals surface area (Å²) in [6.45, 7) is 0. The van der Waals surface area contributed by atoms with E-state index in [0.717, 1.165) is 9.99 Å². The SMILES string of the molecule is NC(=O)c1cnccc1CI. The molecule has 1 aromatic heterocycles. The molecule has 0 aliphatic carbocycles. The molecule has 1 amide bonds. The molecule has 1 rings (SSSR count). The van der Waals surface area contributed by atoms with Gasteiger partial charge in [0.15, 0.2) is 0 Å². The summed E-state index contributed by atoms with van der Waals surface area (Å²) in [6, 6.07) is 1.80. The number of nitrogens with two attached hydrogens (primary N) is 1. The number of primary amides is 1. The van der Waals surface area contributed by atoms with Gasteiger partial charge in [-0.1, -0.05) is 22.6 Å². The molecule has 0 bridgehead atoms. The van der Waals surface area contributed by atoms with Crippen molar-refractivity contribution >= 4 is 28.5 Å². The predicted molar refractivity (Wildman–Crippen MR) is 50.5 cm³/mol. The van der Waals surface area contributed by atoms with Gasteiger partial charge in [-0.05, 0) is 11.6 Å². The minimum atomic E-state index is -0.412.